The van der Waals surface area contributed by atoms with Gasteiger partial charge in [0.05, 0.1) is 0 Å². The zero-order valence-corrected chi connectivity index (χ0v) is 11.3. The Morgan fingerprint density at radius 1 is 1.31 bits per heavy atom. The highest BCUT2D eigenvalue weighted by molar-refractivity contribution is 9.10. The Morgan fingerprint density at radius 3 is 2.62 bits per heavy atom. The second-order valence-corrected chi connectivity index (χ2v) is 5.41. The smallest absolute Gasteiger partial charge is 0.233 e. The van der Waals surface area contributed by atoms with Gasteiger partial charge in [-0.1, -0.05) is 15.9 Å². The van der Waals surface area contributed by atoms with Crippen molar-refractivity contribution >= 4 is 33.6 Å². The molecule has 0 atom stereocenters. The van der Waals surface area contributed by atoms with Crippen molar-refractivity contribution in [1.82, 2.24) is 5.43 Å². The van der Waals surface area contributed by atoms with Gasteiger partial charge in [-0.2, -0.15) is 0 Å². The standard InChI is InChI=1S/C11H15BrN2OS/c12-9-4-6-10(7-5-9)16-8-2-1-3-11(15)14-13/h4-7H,1-3,8,13H2,(H,14,15). The largest absolute Gasteiger partial charge is 0.294 e. The van der Waals surface area contributed by atoms with Crippen LogP contribution in [0.5, 0.6) is 0 Å². The van der Waals surface area contributed by atoms with Crippen molar-refractivity contribution in [2.24, 2.45) is 5.84 Å². The van der Waals surface area contributed by atoms with Crippen LogP contribution < -0.4 is 11.3 Å². The molecule has 3 nitrogen and oxygen atoms in total. The number of hydrogen-bond donors (Lipinski definition) is 2. The molecule has 5 heteroatoms. The van der Waals surface area contributed by atoms with Crippen LogP contribution in [0.25, 0.3) is 0 Å². The van der Waals surface area contributed by atoms with Crippen LogP contribution in [-0.4, -0.2) is 11.7 Å². The molecule has 16 heavy (non-hydrogen) atoms. The molecule has 0 bridgehead atoms. The molecule has 0 saturated heterocycles. The molecule has 0 heterocycles. The van der Waals surface area contributed by atoms with E-state index in [0.717, 1.165) is 23.1 Å². The maximum absolute atomic E-state index is 10.8. The van der Waals surface area contributed by atoms with Gasteiger partial charge in [0.25, 0.3) is 0 Å². The lowest BCUT2D eigenvalue weighted by molar-refractivity contribution is -0.121. The summed E-state index contributed by atoms with van der Waals surface area (Å²) in [6.45, 7) is 0. The van der Waals surface area contributed by atoms with Crippen molar-refractivity contribution in [3.05, 3.63) is 28.7 Å². The number of hydrazine groups is 1. The Balaban J connectivity index is 2.11. The number of hydrogen-bond acceptors (Lipinski definition) is 3. The number of benzene rings is 1. The number of thioether (sulfide) groups is 1. The first-order valence-corrected chi connectivity index (χ1v) is 6.88. The summed E-state index contributed by atoms with van der Waals surface area (Å²) in [6, 6.07) is 8.23. The van der Waals surface area contributed by atoms with Crippen LogP contribution in [0.2, 0.25) is 0 Å². The Hall–Kier alpha value is -0.520. The van der Waals surface area contributed by atoms with Gasteiger partial charge in [-0.15, -0.1) is 11.8 Å². The van der Waals surface area contributed by atoms with Crippen molar-refractivity contribution in [3.63, 3.8) is 0 Å². The van der Waals surface area contributed by atoms with Gasteiger partial charge >= 0.3 is 0 Å². The Morgan fingerprint density at radius 2 is 2.00 bits per heavy atom. The normalized spacial score (nSPS) is 10.1. The second-order valence-electron chi connectivity index (χ2n) is 3.33. The van der Waals surface area contributed by atoms with Gasteiger partial charge in [-0.25, -0.2) is 5.84 Å². The third-order valence-corrected chi connectivity index (χ3v) is 3.67. The highest BCUT2D eigenvalue weighted by Crippen LogP contribution is 2.21. The minimum Gasteiger partial charge on any atom is -0.294 e. The number of nitrogens with two attached hydrogens (primary N) is 1. The molecule has 0 saturated carbocycles. The molecule has 3 N–H and O–H groups in total. The molecular formula is C11H15BrN2OS. The first-order chi connectivity index (χ1) is 7.72. The van der Waals surface area contributed by atoms with E-state index in [1.54, 1.807) is 11.8 Å². The van der Waals surface area contributed by atoms with Crippen LogP contribution in [0.4, 0.5) is 0 Å². The lowest BCUT2D eigenvalue weighted by atomic mass is 10.2. The van der Waals surface area contributed by atoms with Crippen molar-refractivity contribution < 1.29 is 4.79 Å². The molecule has 1 aromatic rings. The third kappa shape index (κ3) is 5.53. The molecule has 0 spiro atoms. The van der Waals surface area contributed by atoms with Crippen molar-refractivity contribution in [2.75, 3.05) is 5.75 Å². The average Bonchev–Trinajstić information content (AvgIpc) is 2.31. The molecule has 1 amide bonds. The number of carbonyl (C=O) groups excluding carboxylic acids is 1. The van der Waals surface area contributed by atoms with Crippen LogP contribution in [0.1, 0.15) is 19.3 Å². The molecule has 0 aromatic heterocycles. The first-order valence-electron chi connectivity index (χ1n) is 5.10. The van der Waals surface area contributed by atoms with E-state index in [1.807, 2.05) is 12.1 Å². The van der Waals surface area contributed by atoms with E-state index in [9.17, 15) is 4.79 Å². The average molecular weight is 303 g/mol. The van der Waals surface area contributed by atoms with Gasteiger partial charge in [0, 0.05) is 15.8 Å². The lowest BCUT2D eigenvalue weighted by Gasteiger charge is -2.02. The van der Waals surface area contributed by atoms with E-state index < -0.39 is 0 Å². The minimum absolute atomic E-state index is 0.0892. The Kier molecular flexibility index (Phi) is 6.52. The number of rotatable bonds is 6. The van der Waals surface area contributed by atoms with Gasteiger partial charge in [0.15, 0.2) is 0 Å². The highest BCUT2D eigenvalue weighted by atomic mass is 79.9. The van der Waals surface area contributed by atoms with Gasteiger partial charge in [0.1, 0.15) is 0 Å². The maximum atomic E-state index is 10.8. The van der Waals surface area contributed by atoms with Gasteiger partial charge < -0.3 is 0 Å². The fourth-order valence-corrected chi connectivity index (χ4v) is 2.36. The quantitative estimate of drug-likeness (QED) is 0.279. The topological polar surface area (TPSA) is 55.1 Å². The number of halogens is 1. The summed E-state index contributed by atoms with van der Waals surface area (Å²) in [7, 11) is 0. The van der Waals surface area contributed by atoms with E-state index >= 15 is 0 Å². The third-order valence-electron chi connectivity index (χ3n) is 2.04. The van der Waals surface area contributed by atoms with E-state index in [2.05, 4.69) is 33.5 Å². The first kappa shape index (κ1) is 13.5. The number of amides is 1. The Labute approximate surface area is 108 Å². The molecule has 0 radical (unpaired) electrons. The van der Waals surface area contributed by atoms with Crippen molar-refractivity contribution in [2.45, 2.75) is 24.2 Å². The SMILES string of the molecule is NNC(=O)CCCCSc1ccc(Br)cc1. The molecule has 1 rings (SSSR count). The zero-order valence-electron chi connectivity index (χ0n) is 8.91. The van der Waals surface area contributed by atoms with Gasteiger partial charge in [-0.3, -0.25) is 10.2 Å². The molecule has 0 aliphatic rings. The number of unbranched alkanes of at least 4 members (excludes halogenated alkanes) is 1. The van der Waals surface area contributed by atoms with Crippen LogP contribution in [0, 0.1) is 0 Å². The van der Waals surface area contributed by atoms with E-state index in [4.69, 9.17) is 5.84 Å². The second kappa shape index (κ2) is 7.70. The van der Waals surface area contributed by atoms with Crippen molar-refractivity contribution in [1.29, 1.82) is 0 Å². The summed E-state index contributed by atoms with van der Waals surface area (Å²) < 4.78 is 1.09. The number of carbonyl (C=O) groups is 1. The molecule has 0 aliphatic carbocycles. The predicted molar refractivity (Wildman–Crippen MR) is 71.0 cm³/mol. The fourth-order valence-electron chi connectivity index (χ4n) is 1.18. The van der Waals surface area contributed by atoms with Crippen LogP contribution >= 0.6 is 27.7 Å². The number of nitrogens with one attached hydrogen (secondary N) is 1. The van der Waals surface area contributed by atoms with E-state index in [-0.39, 0.29) is 5.91 Å². The van der Waals surface area contributed by atoms with E-state index in [0.29, 0.717) is 6.42 Å². The van der Waals surface area contributed by atoms with Crippen LogP contribution in [0.3, 0.4) is 0 Å². The predicted octanol–water partition coefficient (Wildman–Crippen LogP) is 2.70. The summed E-state index contributed by atoms with van der Waals surface area (Å²) in [5.41, 5.74) is 2.13. The minimum atomic E-state index is -0.0892. The fraction of sp³-hybridized carbons (Fsp3) is 0.364. The van der Waals surface area contributed by atoms with Crippen LogP contribution in [0.15, 0.2) is 33.6 Å². The highest BCUT2D eigenvalue weighted by Gasteiger charge is 1.98. The molecule has 88 valence electrons. The summed E-state index contributed by atoms with van der Waals surface area (Å²) in [4.78, 5) is 12.1. The molecule has 1 aromatic carbocycles. The van der Waals surface area contributed by atoms with Crippen LogP contribution in [-0.2, 0) is 4.79 Å². The monoisotopic (exact) mass is 302 g/mol. The van der Waals surface area contributed by atoms with E-state index in [1.165, 1.54) is 4.90 Å². The summed E-state index contributed by atoms with van der Waals surface area (Å²) in [5, 5.41) is 0. The summed E-state index contributed by atoms with van der Waals surface area (Å²) in [5.74, 6) is 5.92. The van der Waals surface area contributed by atoms with Crippen molar-refractivity contribution in [3.8, 4) is 0 Å². The summed E-state index contributed by atoms with van der Waals surface area (Å²) in [6.07, 6.45) is 2.41. The molecule has 0 fully saturated rings. The van der Waals surface area contributed by atoms with Gasteiger partial charge in [-0.05, 0) is 42.9 Å². The Bertz CT molecular complexity index is 329. The molecule has 0 unspecified atom stereocenters. The lowest BCUT2D eigenvalue weighted by Crippen LogP contribution is -2.29. The molecule has 0 aliphatic heterocycles. The maximum Gasteiger partial charge on any atom is 0.233 e. The van der Waals surface area contributed by atoms with Gasteiger partial charge in [0.2, 0.25) is 5.91 Å². The summed E-state index contributed by atoms with van der Waals surface area (Å²) >= 11 is 5.20. The zero-order chi connectivity index (χ0) is 11.8. The molecular weight excluding hydrogens is 288 g/mol.